The molecule has 0 saturated heterocycles. The number of carboxylic acid groups (broad SMARTS) is 2. The van der Waals surface area contributed by atoms with Crippen LogP contribution in [0.4, 0.5) is 5.00 Å². The Labute approximate surface area is 78.4 Å². The van der Waals surface area contributed by atoms with E-state index in [1.54, 1.807) is 11.3 Å². The molecule has 0 aliphatic heterocycles. The van der Waals surface area contributed by atoms with Gasteiger partial charge < -0.3 is 15.9 Å². The van der Waals surface area contributed by atoms with Crippen molar-refractivity contribution in [2.45, 2.75) is 6.92 Å². The number of anilines is 1. The Balaban J connectivity index is 0.000000226. The van der Waals surface area contributed by atoms with Crippen molar-refractivity contribution >= 4 is 28.3 Å². The van der Waals surface area contributed by atoms with Crippen molar-refractivity contribution in [3.05, 3.63) is 17.0 Å². The normalized spacial score (nSPS) is 8.38. The molecule has 5 nitrogen and oxygen atoms in total. The minimum atomic E-state index is -1.82. The number of aryl methyl sites for hydroxylation is 1. The zero-order valence-electron chi connectivity index (χ0n) is 6.85. The molecule has 0 atom stereocenters. The average molecular weight is 203 g/mol. The highest BCUT2D eigenvalue weighted by Gasteiger charge is 2.04. The smallest absolute Gasteiger partial charge is 0.414 e. The Bertz CT molecular complexity index is 279. The van der Waals surface area contributed by atoms with E-state index in [0.717, 1.165) is 5.00 Å². The fourth-order valence-corrected chi connectivity index (χ4v) is 1.06. The van der Waals surface area contributed by atoms with Crippen molar-refractivity contribution < 1.29 is 19.8 Å². The Morgan fingerprint density at radius 3 is 1.92 bits per heavy atom. The molecule has 0 aliphatic carbocycles. The minimum absolute atomic E-state index is 0.931. The van der Waals surface area contributed by atoms with Gasteiger partial charge >= 0.3 is 11.9 Å². The third-order valence-electron chi connectivity index (χ3n) is 1.08. The van der Waals surface area contributed by atoms with Crippen LogP contribution in [0.1, 0.15) is 5.56 Å². The first-order chi connectivity index (χ1) is 5.95. The van der Waals surface area contributed by atoms with Crippen molar-refractivity contribution in [1.82, 2.24) is 0 Å². The quantitative estimate of drug-likeness (QED) is 0.541. The molecule has 0 amide bonds. The van der Waals surface area contributed by atoms with E-state index in [4.69, 9.17) is 25.5 Å². The molecular formula is C7H9NO4S. The predicted octanol–water partition coefficient (Wildman–Crippen LogP) is 0.794. The van der Waals surface area contributed by atoms with E-state index in [1.807, 2.05) is 18.4 Å². The average Bonchev–Trinajstić information content (AvgIpc) is 2.37. The number of aliphatic carboxylic acids is 2. The maximum absolute atomic E-state index is 9.10. The Kier molecular flexibility index (Phi) is 4.53. The number of thiophene rings is 1. The van der Waals surface area contributed by atoms with Crippen molar-refractivity contribution in [1.29, 1.82) is 0 Å². The summed E-state index contributed by atoms with van der Waals surface area (Å²) in [5.74, 6) is -3.65. The molecule has 72 valence electrons. The lowest BCUT2D eigenvalue weighted by molar-refractivity contribution is -0.159. The number of hydrogen-bond acceptors (Lipinski definition) is 4. The molecule has 0 aromatic carbocycles. The molecule has 1 aromatic heterocycles. The van der Waals surface area contributed by atoms with Gasteiger partial charge in [-0.15, -0.1) is 11.3 Å². The first-order valence-corrected chi connectivity index (χ1v) is 4.09. The zero-order chi connectivity index (χ0) is 10.4. The van der Waals surface area contributed by atoms with E-state index in [-0.39, 0.29) is 0 Å². The first kappa shape index (κ1) is 11.4. The van der Waals surface area contributed by atoms with Gasteiger partial charge in [-0.1, -0.05) is 0 Å². The van der Waals surface area contributed by atoms with Gasteiger partial charge in [-0.3, -0.25) is 0 Å². The molecular weight excluding hydrogens is 194 g/mol. The highest BCUT2D eigenvalue weighted by atomic mass is 32.1. The highest BCUT2D eigenvalue weighted by molar-refractivity contribution is 7.14. The molecule has 1 heterocycles. The number of rotatable bonds is 0. The second-order valence-electron chi connectivity index (χ2n) is 2.08. The van der Waals surface area contributed by atoms with Gasteiger partial charge in [-0.25, -0.2) is 9.59 Å². The van der Waals surface area contributed by atoms with Gasteiger partial charge in [-0.05, 0) is 23.9 Å². The van der Waals surface area contributed by atoms with E-state index >= 15 is 0 Å². The topological polar surface area (TPSA) is 101 Å². The highest BCUT2D eigenvalue weighted by Crippen LogP contribution is 2.16. The second-order valence-corrected chi connectivity index (χ2v) is 3.03. The van der Waals surface area contributed by atoms with E-state index in [0.29, 0.717) is 0 Å². The summed E-state index contributed by atoms with van der Waals surface area (Å²) in [4.78, 5) is 18.2. The van der Waals surface area contributed by atoms with Crippen LogP contribution in [0.2, 0.25) is 0 Å². The Hall–Kier alpha value is -1.56. The van der Waals surface area contributed by atoms with E-state index < -0.39 is 11.9 Å². The van der Waals surface area contributed by atoms with E-state index in [1.165, 1.54) is 5.56 Å². The molecule has 13 heavy (non-hydrogen) atoms. The summed E-state index contributed by atoms with van der Waals surface area (Å²) in [6, 6.07) is 2.01. The van der Waals surface area contributed by atoms with E-state index in [2.05, 4.69) is 0 Å². The fraction of sp³-hybridized carbons (Fsp3) is 0.143. The van der Waals surface area contributed by atoms with Crippen molar-refractivity contribution in [2.24, 2.45) is 0 Å². The van der Waals surface area contributed by atoms with Crippen LogP contribution in [0.25, 0.3) is 0 Å². The van der Waals surface area contributed by atoms with Gasteiger partial charge in [0.1, 0.15) is 0 Å². The summed E-state index contributed by atoms with van der Waals surface area (Å²) < 4.78 is 0. The maximum Gasteiger partial charge on any atom is 0.414 e. The standard InChI is InChI=1S/C5H7NS.C2H2O4/c1-4-2-3-7-5(4)6;3-1(4)2(5)6/h2-3H,6H2,1H3;(H,3,4)(H,5,6). The molecule has 1 aromatic rings. The van der Waals surface area contributed by atoms with Gasteiger partial charge in [0.25, 0.3) is 0 Å². The Morgan fingerprint density at radius 1 is 1.38 bits per heavy atom. The van der Waals surface area contributed by atoms with Crippen LogP contribution in [-0.2, 0) is 9.59 Å². The van der Waals surface area contributed by atoms with Gasteiger partial charge in [0.15, 0.2) is 0 Å². The monoisotopic (exact) mass is 203 g/mol. The Morgan fingerprint density at radius 2 is 1.85 bits per heavy atom. The molecule has 4 N–H and O–H groups in total. The summed E-state index contributed by atoms with van der Waals surface area (Å²) >= 11 is 1.58. The maximum atomic E-state index is 9.10. The zero-order valence-corrected chi connectivity index (χ0v) is 7.67. The summed E-state index contributed by atoms with van der Waals surface area (Å²) in [5, 5.41) is 17.7. The van der Waals surface area contributed by atoms with Crippen molar-refractivity contribution in [3.63, 3.8) is 0 Å². The van der Waals surface area contributed by atoms with Gasteiger partial charge in [0, 0.05) is 0 Å². The molecule has 0 unspecified atom stereocenters. The van der Waals surface area contributed by atoms with Gasteiger partial charge in [-0.2, -0.15) is 0 Å². The number of carbonyl (C=O) groups is 2. The van der Waals surface area contributed by atoms with Crippen LogP contribution in [0.3, 0.4) is 0 Å². The van der Waals surface area contributed by atoms with Crippen molar-refractivity contribution in [2.75, 3.05) is 5.73 Å². The number of nitrogen functional groups attached to an aromatic ring is 1. The molecule has 0 saturated carbocycles. The molecule has 0 bridgehead atoms. The summed E-state index contributed by atoms with van der Waals surface area (Å²) in [7, 11) is 0. The third-order valence-corrected chi connectivity index (χ3v) is 1.93. The number of nitrogens with two attached hydrogens (primary N) is 1. The number of carboxylic acids is 2. The lowest BCUT2D eigenvalue weighted by atomic mass is 10.4. The van der Waals surface area contributed by atoms with Gasteiger partial charge in [0.05, 0.1) is 5.00 Å². The molecule has 0 aliphatic rings. The lowest BCUT2D eigenvalue weighted by Crippen LogP contribution is -2.09. The second kappa shape index (κ2) is 5.15. The third kappa shape index (κ3) is 4.81. The summed E-state index contributed by atoms with van der Waals surface area (Å²) in [5.41, 5.74) is 6.64. The molecule has 0 radical (unpaired) electrons. The first-order valence-electron chi connectivity index (χ1n) is 3.21. The van der Waals surface area contributed by atoms with E-state index in [9.17, 15) is 0 Å². The van der Waals surface area contributed by atoms with Gasteiger partial charge in [0.2, 0.25) is 0 Å². The SMILES string of the molecule is Cc1ccsc1N.O=C(O)C(=O)O. The minimum Gasteiger partial charge on any atom is -0.473 e. The molecule has 0 spiro atoms. The van der Waals surface area contributed by atoms with Crippen LogP contribution in [0.5, 0.6) is 0 Å². The predicted molar refractivity (Wildman–Crippen MR) is 48.7 cm³/mol. The summed E-state index contributed by atoms with van der Waals surface area (Å²) in [6.45, 7) is 2.01. The fourth-order valence-electron chi connectivity index (χ4n) is 0.384. The van der Waals surface area contributed by atoms with Crippen LogP contribution in [-0.4, -0.2) is 22.2 Å². The lowest BCUT2D eigenvalue weighted by Gasteiger charge is -1.80. The largest absolute Gasteiger partial charge is 0.473 e. The summed E-state index contributed by atoms with van der Waals surface area (Å²) in [6.07, 6.45) is 0. The van der Waals surface area contributed by atoms with Crippen LogP contribution < -0.4 is 5.73 Å². The van der Waals surface area contributed by atoms with Crippen LogP contribution >= 0.6 is 11.3 Å². The number of hydrogen-bond donors (Lipinski definition) is 3. The molecule has 0 fully saturated rings. The molecule has 6 heteroatoms. The molecule has 1 rings (SSSR count). The van der Waals surface area contributed by atoms with Crippen LogP contribution in [0, 0.1) is 6.92 Å². The van der Waals surface area contributed by atoms with Crippen LogP contribution in [0.15, 0.2) is 11.4 Å². The van der Waals surface area contributed by atoms with Crippen molar-refractivity contribution in [3.8, 4) is 0 Å².